The second-order valence-corrected chi connectivity index (χ2v) is 7.13. The predicted molar refractivity (Wildman–Crippen MR) is 101 cm³/mol. The molecule has 1 aromatic heterocycles. The van der Waals surface area contributed by atoms with Crippen molar-refractivity contribution in [1.82, 2.24) is 20.2 Å². The van der Waals surface area contributed by atoms with Crippen LogP contribution in [-0.2, 0) is 11.3 Å². The molecule has 1 aliphatic rings. The van der Waals surface area contributed by atoms with E-state index >= 15 is 0 Å². The van der Waals surface area contributed by atoms with Crippen LogP contribution in [-0.4, -0.2) is 46.2 Å². The molecule has 1 N–H and O–H groups in total. The van der Waals surface area contributed by atoms with Crippen molar-refractivity contribution >= 4 is 17.6 Å². The van der Waals surface area contributed by atoms with Gasteiger partial charge in [0.1, 0.15) is 0 Å². The van der Waals surface area contributed by atoms with E-state index in [0.29, 0.717) is 19.6 Å². The molecule has 0 spiro atoms. The number of hydrogen-bond donors (Lipinski definition) is 1. The van der Waals surface area contributed by atoms with E-state index in [1.807, 2.05) is 45.0 Å². The molecular formula is C19H23ClN4O2. The van der Waals surface area contributed by atoms with Gasteiger partial charge >= 0.3 is 6.03 Å². The molecule has 0 atom stereocenters. The maximum atomic E-state index is 12.2. The zero-order valence-corrected chi connectivity index (χ0v) is 16.0. The number of hydrogen-bond acceptors (Lipinski definition) is 4. The number of nitrogens with zero attached hydrogens (tertiary/aromatic N) is 3. The number of nitrogens with one attached hydrogen (secondary N) is 1. The highest BCUT2D eigenvalue weighted by Gasteiger charge is 2.31. The zero-order valence-electron chi connectivity index (χ0n) is 15.2. The molecule has 7 heteroatoms. The lowest BCUT2D eigenvalue weighted by atomic mass is 10.0. The fourth-order valence-electron chi connectivity index (χ4n) is 2.97. The summed E-state index contributed by atoms with van der Waals surface area (Å²) in [6.45, 7) is 7.76. The number of aryl methyl sites for hydroxylation is 1. The number of rotatable bonds is 5. The topological polar surface area (TPSA) is 67.4 Å². The quantitative estimate of drug-likeness (QED) is 0.814. The van der Waals surface area contributed by atoms with Crippen LogP contribution in [0.1, 0.15) is 25.0 Å². The fourth-order valence-corrected chi connectivity index (χ4v) is 3.12. The number of urea groups is 1. The molecule has 6 nitrogen and oxygen atoms in total. The van der Waals surface area contributed by atoms with E-state index in [1.54, 1.807) is 11.1 Å². The molecule has 2 amide bonds. The molecule has 138 valence electrons. The largest absolute Gasteiger partial charge is 0.372 e. The van der Waals surface area contributed by atoms with Crippen LogP contribution in [0.2, 0.25) is 5.28 Å². The summed E-state index contributed by atoms with van der Waals surface area (Å²) in [6.07, 6.45) is 1.97. The second-order valence-electron chi connectivity index (χ2n) is 6.79. The van der Waals surface area contributed by atoms with Crippen molar-refractivity contribution in [2.24, 2.45) is 0 Å². The van der Waals surface area contributed by atoms with E-state index < -0.39 is 0 Å². The minimum absolute atomic E-state index is 0.0678. The lowest BCUT2D eigenvalue weighted by Crippen LogP contribution is -2.58. The average molecular weight is 375 g/mol. The summed E-state index contributed by atoms with van der Waals surface area (Å²) in [4.78, 5) is 22.2. The predicted octanol–water partition coefficient (Wildman–Crippen LogP) is 3.42. The third-order valence-corrected chi connectivity index (χ3v) is 4.28. The summed E-state index contributed by atoms with van der Waals surface area (Å²) in [5, 5.41) is 3.18. The van der Waals surface area contributed by atoms with E-state index in [9.17, 15) is 4.79 Å². The Hall–Kier alpha value is -2.18. The molecule has 2 heterocycles. The average Bonchev–Trinajstić information content (AvgIpc) is 2.55. The maximum Gasteiger partial charge on any atom is 0.317 e. The number of aromatic nitrogens is 2. The Morgan fingerprint density at radius 1 is 1.38 bits per heavy atom. The minimum atomic E-state index is -0.0678. The van der Waals surface area contributed by atoms with Gasteiger partial charge < -0.3 is 15.0 Å². The van der Waals surface area contributed by atoms with Crippen molar-refractivity contribution in [2.75, 3.05) is 13.1 Å². The van der Waals surface area contributed by atoms with Gasteiger partial charge in [-0.05, 0) is 56.1 Å². The van der Waals surface area contributed by atoms with Gasteiger partial charge in [0.05, 0.1) is 31.0 Å². The Labute approximate surface area is 158 Å². The summed E-state index contributed by atoms with van der Waals surface area (Å²) < 4.78 is 5.67. The molecule has 1 saturated heterocycles. The smallest absolute Gasteiger partial charge is 0.317 e. The summed E-state index contributed by atoms with van der Waals surface area (Å²) >= 11 is 5.88. The molecular weight excluding hydrogens is 352 g/mol. The van der Waals surface area contributed by atoms with Gasteiger partial charge in [-0.15, -0.1) is 0 Å². The highest BCUT2D eigenvalue weighted by Crippen LogP contribution is 2.21. The van der Waals surface area contributed by atoms with Crippen LogP contribution in [0.25, 0.3) is 11.3 Å². The lowest BCUT2D eigenvalue weighted by molar-refractivity contribution is -0.0641. The van der Waals surface area contributed by atoms with Crippen LogP contribution in [0, 0.1) is 6.92 Å². The van der Waals surface area contributed by atoms with Gasteiger partial charge in [0.2, 0.25) is 5.28 Å². The summed E-state index contributed by atoms with van der Waals surface area (Å²) in [6, 6.07) is 7.84. The van der Waals surface area contributed by atoms with Crippen molar-refractivity contribution in [2.45, 2.75) is 39.5 Å². The first-order chi connectivity index (χ1) is 12.4. The molecule has 1 aliphatic heterocycles. The summed E-state index contributed by atoms with van der Waals surface area (Å²) in [7, 11) is 0. The van der Waals surface area contributed by atoms with Crippen LogP contribution in [0.15, 0.2) is 30.5 Å². The van der Waals surface area contributed by atoms with Gasteiger partial charge in [0.25, 0.3) is 0 Å². The molecule has 0 bridgehead atoms. The van der Waals surface area contributed by atoms with Crippen LogP contribution in [0.4, 0.5) is 4.79 Å². The Bertz CT molecular complexity index is 791. The lowest BCUT2D eigenvalue weighted by Gasteiger charge is -2.39. The molecule has 2 aromatic rings. The molecule has 0 aliphatic carbocycles. The molecule has 0 saturated carbocycles. The molecule has 0 unspecified atom stereocenters. The molecule has 0 radical (unpaired) electrons. The van der Waals surface area contributed by atoms with Crippen LogP contribution < -0.4 is 5.32 Å². The molecule has 26 heavy (non-hydrogen) atoms. The Morgan fingerprint density at radius 2 is 2.15 bits per heavy atom. The molecule has 3 rings (SSSR count). The van der Waals surface area contributed by atoms with Gasteiger partial charge in [-0.2, -0.15) is 0 Å². The number of carbonyl (C=O) groups is 1. The maximum absolute atomic E-state index is 12.2. The van der Waals surface area contributed by atoms with E-state index in [4.69, 9.17) is 16.3 Å². The van der Waals surface area contributed by atoms with Crippen molar-refractivity contribution in [3.05, 3.63) is 46.9 Å². The standard InChI is InChI=1S/C19H23ClN4O2/c1-12(2)26-16-10-24(11-16)19(25)22-9-14-6-13(3)7-15(8-14)17-4-5-21-18(20)23-17/h4-8,12,16H,9-11H2,1-3H3,(H,22,25). The van der Waals surface area contributed by atoms with Crippen molar-refractivity contribution in [1.29, 1.82) is 0 Å². The highest BCUT2D eigenvalue weighted by atomic mass is 35.5. The number of carbonyl (C=O) groups excluding carboxylic acids is 1. The first kappa shape index (κ1) is 18.6. The normalized spacial score (nSPS) is 14.4. The Balaban J connectivity index is 1.59. The van der Waals surface area contributed by atoms with Gasteiger partial charge in [-0.3, -0.25) is 0 Å². The molecule has 1 fully saturated rings. The number of amides is 2. The van der Waals surface area contributed by atoms with Crippen molar-refractivity contribution in [3.8, 4) is 11.3 Å². The fraction of sp³-hybridized carbons (Fsp3) is 0.421. The van der Waals surface area contributed by atoms with Crippen LogP contribution in [0.3, 0.4) is 0 Å². The van der Waals surface area contributed by atoms with Gasteiger partial charge in [0.15, 0.2) is 0 Å². The third kappa shape index (κ3) is 4.71. The second kappa shape index (κ2) is 8.01. The molecule has 1 aromatic carbocycles. The first-order valence-corrected chi connectivity index (χ1v) is 9.06. The minimum Gasteiger partial charge on any atom is -0.372 e. The monoisotopic (exact) mass is 374 g/mol. The Kier molecular flexibility index (Phi) is 5.74. The first-order valence-electron chi connectivity index (χ1n) is 8.68. The van der Waals surface area contributed by atoms with Crippen molar-refractivity contribution in [3.63, 3.8) is 0 Å². The number of likely N-dealkylation sites (tertiary alicyclic amines) is 1. The highest BCUT2D eigenvalue weighted by molar-refractivity contribution is 6.28. The van der Waals surface area contributed by atoms with Gasteiger partial charge in [-0.1, -0.05) is 11.6 Å². The van der Waals surface area contributed by atoms with E-state index in [2.05, 4.69) is 15.3 Å². The van der Waals surface area contributed by atoms with Gasteiger partial charge in [-0.25, -0.2) is 14.8 Å². The van der Waals surface area contributed by atoms with E-state index in [1.165, 1.54) is 0 Å². The van der Waals surface area contributed by atoms with Crippen LogP contribution in [0.5, 0.6) is 0 Å². The van der Waals surface area contributed by atoms with Crippen LogP contribution >= 0.6 is 11.6 Å². The summed E-state index contributed by atoms with van der Waals surface area (Å²) in [5.74, 6) is 0. The number of ether oxygens (including phenoxy) is 1. The number of benzene rings is 1. The van der Waals surface area contributed by atoms with E-state index in [0.717, 1.165) is 22.4 Å². The number of halogens is 1. The Morgan fingerprint density at radius 3 is 2.85 bits per heavy atom. The SMILES string of the molecule is Cc1cc(CNC(=O)N2CC(OC(C)C)C2)cc(-c2ccnc(Cl)n2)c1. The zero-order chi connectivity index (χ0) is 18.7. The van der Waals surface area contributed by atoms with Gasteiger partial charge in [0, 0.05) is 18.3 Å². The van der Waals surface area contributed by atoms with E-state index in [-0.39, 0.29) is 23.5 Å². The summed E-state index contributed by atoms with van der Waals surface area (Å²) in [5.41, 5.74) is 3.82. The van der Waals surface area contributed by atoms with Crippen molar-refractivity contribution < 1.29 is 9.53 Å². The third-order valence-electron chi connectivity index (χ3n) is 4.10.